The van der Waals surface area contributed by atoms with Gasteiger partial charge in [-0.3, -0.25) is 28.7 Å². The summed E-state index contributed by atoms with van der Waals surface area (Å²) in [6, 6.07) is 3.98. The Labute approximate surface area is 155 Å². The maximum absolute atomic E-state index is 12.6. The van der Waals surface area contributed by atoms with Gasteiger partial charge in [-0.2, -0.15) is 5.10 Å². The first-order chi connectivity index (χ1) is 13.1. The maximum Gasteiger partial charge on any atom is 0.264 e. The molecule has 1 fully saturated rings. The van der Waals surface area contributed by atoms with Gasteiger partial charge < -0.3 is 4.90 Å². The second-order valence-corrected chi connectivity index (χ2v) is 6.70. The van der Waals surface area contributed by atoms with Gasteiger partial charge in [0.2, 0.25) is 5.91 Å². The zero-order chi connectivity index (χ0) is 18.8. The molecule has 3 aromatic heterocycles. The number of piperazine rings is 1. The van der Waals surface area contributed by atoms with E-state index in [1.54, 1.807) is 22.8 Å². The van der Waals surface area contributed by atoms with Crippen molar-refractivity contribution in [2.24, 2.45) is 7.05 Å². The van der Waals surface area contributed by atoms with Crippen molar-refractivity contribution < 1.29 is 4.79 Å². The number of fused-ring (bicyclic) bond motifs is 1. The largest absolute Gasteiger partial charge is 0.339 e. The first-order valence-electron chi connectivity index (χ1n) is 8.88. The highest BCUT2D eigenvalue weighted by molar-refractivity contribution is 5.77. The van der Waals surface area contributed by atoms with Crippen molar-refractivity contribution in [2.75, 3.05) is 26.2 Å². The Balaban J connectivity index is 1.37. The van der Waals surface area contributed by atoms with Crippen LogP contribution in [0.5, 0.6) is 0 Å². The fourth-order valence-corrected chi connectivity index (χ4v) is 3.33. The van der Waals surface area contributed by atoms with E-state index in [1.807, 2.05) is 12.3 Å². The number of amides is 1. The zero-order valence-corrected chi connectivity index (χ0v) is 15.2. The number of hydrogen-bond donors (Lipinski definition) is 0. The van der Waals surface area contributed by atoms with E-state index in [0.717, 1.165) is 19.6 Å². The molecule has 0 aliphatic carbocycles. The molecular weight excluding hydrogens is 346 g/mol. The molecule has 1 aliphatic rings. The average Bonchev–Trinajstić information content (AvgIpc) is 3.07. The van der Waals surface area contributed by atoms with E-state index >= 15 is 0 Å². The summed E-state index contributed by atoms with van der Waals surface area (Å²) in [5.41, 5.74) is 1.45. The van der Waals surface area contributed by atoms with Crippen molar-refractivity contribution in [2.45, 2.75) is 13.1 Å². The van der Waals surface area contributed by atoms with Gasteiger partial charge in [-0.1, -0.05) is 6.07 Å². The molecule has 27 heavy (non-hydrogen) atoms. The molecule has 0 unspecified atom stereocenters. The Kier molecular flexibility index (Phi) is 4.68. The molecule has 3 aromatic rings. The lowest BCUT2D eigenvalue weighted by Gasteiger charge is -2.34. The van der Waals surface area contributed by atoms with E-state index in [0.29, 0.717) is 24.1 Å². The highest BCUT2D eigenvalue weighted by Gasteiger charge is 2.22. The zero-order valence-electron chi connectivity index (χ0n) is 15.2. The normalized spacial score (nSPS) is 15.4. The number of aromatic nitrogens is 5. The molecule has 0 spiro atoms. The van der Waals surface area contributed by atoms with Gasteiger partial charge in [-0.05, 0) is 11.6 Å². The fraction of sp³-hybridized carbons (Fsp3) is 0.389. The minimum Gasteiger partial charge on any atom is -0.339 e. The van der Waals surface area contributed by atoms with Crippen molar-refractivity contribution in [3.63, 3.8) is 0 Å². The van der Waals surface area contributed by atoms with Crippen LogP contribution in [0.25, 0.3) is 11.0 Å². The molecule has 0 bridgehead atoms. The number of carbonyl (C=O) groups excluding carboxylic acids is 1. The van der Waals surface area contributed by atoms with Gasteiger partial charge in [0, 0.05) is 52.2 Å². The van der Waals surface area contributed by atoms with Crippen LogP contribution in [0.1, 0.15) is 5.56 Å². The third-order valence-electron chi connectivity index (χ3n) is 4.88. The van der Waals surface area contributed by atoms with Crippen molar-refractivity contribution in [1.82, 2.24) is 34.1 Å². The van der Waals surface area contributed by atoms with E-state index in [2.05, 4.69) is 26.0 Å². The number of pyridine rings is 1. The standard InChI is InChI=1S/C18H21N7O2/c1-22-17-15(10-21-22)18(27)25(13-20-17)12-16(26)24-7-5-23(6-8-24)11-14-3-2-4-19-9-14/h2-4,9-10,13H,5-8,11-12H2,1H3. The summed E-state index contributed by atoms with van der Waals surface area (Å²) in [4.78, 5) is 37.6. The third-order valence-corrected chi connectivity index (χ3v) is 4.88. The highest BCUT2D eigenvalue weighted by Crippen LogP contribution is 2.09. The highest BCUT2D eigenvalue weighted by atomic mass is 16.2. The molecule has 0 saturated carbocycles. The van der Waals surface area contributed by atoms with Crippen LogP contribution >= 0.6 is 0 Å². The molecule has 0 aromatic carbocycles. The molecule has 0 N–H and O–H groups in total. The van der Waals surface area contributed by atoms with Crippen LogP contribution in [0, 0.1) is 0 Å². The monoisotopic (exact) mass is 367 g/mol. The third kappa shape index (κ3) is 3.59. The van der Waals surface area contributed by atoms with Crippen LogP contribution in [0.2, 0.25) is 0 Å². The molecule has 1 aliphatic heterocycles. The van der Waals surface area contributed by atoms with Gasteiger partial charge in [-0.15, -0.1) is 0 Å². The lowest BCUT2D eigenvalue weighted by molar-refractivity contribution is -0.133. The molecule has 9 heteroatoms. The van der Waals surface area contributed by atoms with E-state index in [1.165, 1.54) is 22.7 Å². The summed E-state index contributed by atoms with van der Waals surface area (Å²) in [6.07, 6.45) is 6.54. The van der Waals surface area contributed by atoms with Crippen LogP contribution in [-0.4, -0.2) is 66.2 Å². The summed E-state index contributed by atoms with van der Waals surface area (Å²) < 4.78 is 2.90. The van der Waals surface area contributed by atoms with Crippen LogP contribution in [-0.2, 0) is 24.9 Å². The minimum absolute atomic E-state index is 0.000721. The first kappa shape index (κ1) is 17.3. The smallest absolute Gasteiger partial charge is 0.264 e. The van der Waals surface area contributed by atoms with E-state index in [9.17, 15) is 9.59 Å². The lowest BCUT2D eigenvalue weighted by atomic mass is 10.2. The molecule has 0 radical (unpaired) electrons. The molecule has 1 amide bonds. The van der Waals surface area contributed by atoms with E-state index < -0.39 is 0 Å². The van der Waals surface area contributed by atoms with Gasteiger partial charge in [0.05, 0.1) is 6.20 Å². The second-order valence-electron chi connectivity index (χ2n) is 6.70. The van der Waals surface area contributed by atoms with Gasteiger partial charge in [0.25, 0.3) is 5.56 Å². The minimum atomic E-state index is -0.239. The second kappa shape index (κ2) is 7.28. The van der Waals surface area contributed by atoms with Gasteiger partial charge in [-0.25, -0.2) is 4.98 Å². The molecule has 1 saturated heterocycles. The number of aryl methyl sites for hydroxylation is 1. The average molecular weight is 367 g/mol. The Morgan fingerprint density at radius 1 is 1.19 bits per heavy atom. The Hall–Kier alpha value is -3.07. The first-order valence-corrected chi connectivity index (χ1v) is 8.88. The van der Waals surface area contributed by atoms with E-state index in [4.69, 9.17) is 0 Å². The number of hydrogen-bond acceptors (Lipinski definition) is 6. The van der Waals surface area contributed by atoms with Crippen LogP contribution in [0.15, 0.2) is 41.8 Å². The van der Waals surface area contributed by atoms with Gasteiger partial charge >= 0.3 is 0 Å². The predicted molar refractivity (Wildman–Crippen MR) is 98.9 cm³/mol. The van der Waals surface area contributed by atoms with Crippen molar-refractivity contribution in [3.8, 4) is 0 Å². The fourth-order valence-electron chi connectivity index (χ4n) is 3.33. The van der Waals surface area contributed by atoms with Gasteiger partial charge in [0.15, 0.2) is 5.65 Å². The van der Waals surface area contributed by atoms with Crippen molar-refractivity contribution in [1.29, 1.82) is 0 Å². The summed E-state index contributed by atoms with van der Waals surface area (Å²) in [5, 5.41) is 4.47. The molecule has 0 atom stereocenters. The Morgan fingerprint density at radius 2 is 2.00 bits per heavy atom. The molecule has 4 heterocycles. The van der Waals surface area contributed by atoms with Crippen LogP contribution < -0.4 is 5.56 Å². The molecule has 140 valence electrons. The molecule has 9 nitrogen and oxygen atoms in total. The molecule has 4 rings (SSSR count). The van der Waals surface area contributed by atoms with Gasteiger partial charge in [0.1, 0.15) is 18.3 Å². The predicted octanol–water partition coefficient (Wildman–Crippen LogP) is -0.131. The summed E-state index contributed by atoms with van der Waals surface area (Å²) in [7, 11) is 1.73. The SMILES string of the molecule is Cn1ncc2c(=O)n(CC(=O)N3CCN(Cc4cccnc4)CC3)cnc21. The quantitative estimate of drug-likeness (QED) is 0.638. The number of carbonyl (C=O) groups is 1. The van der Waals surface area contributed by atoms with E-state index in [-0.39, 0.29) is 18.0 Å². The van der Waals surface area contributed by atoms with Crippen molar-refractivity contribution >= 4 is 16.9 Å². The maximum atomic E-state index is 12.6. The molecular formula is C18H21N7O2. The Bertz CT molecular complexity index is 1000. The Morgan fingerprint density at radius 3 is 2.74 bits per heavy atom. The summed E-state index contributed by atoms with van der Waals surface area (Å²) >= 11 is 0. The number of nitrogens with zero attached hydrogens (tertiary/aromatic N) is 7. The summed E-state index contributed by atoms with van der Waals surface area (Å²) in [6.45, 7) is 3.73. The summed E-state index contributed by atoms with van der Waals surface area (Å²) in [5.74, 6) is -0.0665. The van der Waals surface area contributed by atoms with Crippen LogP contribution in [0.3, 0.4) is 0 Å². The lowest BCUT2D eigenvalue weighted by Crippen LogP contribution is -2.49. The topological polar surface area (TPSA) is 89.2 Å². The number of rotatable bonds is 4. The van der Waals surface area contributed by atoms with Crippen LogP contribution in [0.4, 0.5) is 0 Å². The van der Waals surface area contributed by atoms with Crippen molar-refractivity contribution in [3.05, 3.63) is 53.0 Å².